The van der Waals surface area contributed by atoms with Crippen molar-refractivity contribution in [2.24, 2.45) is 7.05 Å². The highest BCUT2D eigenvalue weighted by molar-refractivity contribution is 5.82. The lowest BCUT2D eigenvalue weighted by atomic mass is 10.1. The molecular weight excluding hydrogens is 230 g/mol. The average molecular weight is 251 g/mol. The molecule has 1 aliphatic rings. The van der Waals surface area contributed by atoms with E-state index >= 15 is 0 Å². The first-order valence-electron chi connectivity index (χ1n) is 6.30. The van der Waals surface area contributed by atoms with E-state index in [2.05, 4.69) is 28.0 Å². The van der Waals surface area contributed by atoms with Crippen molar-refractivity contribution in [2.45, 2.75) is 32.5 Å². The summed E-state index contributed by atoms with van der Waals surface area (Å²) in [6.07, 6.45) is 1.80. The number of carbonyl (C=O) groups excluding carboxylic acids is 1. The van der Waals surface area contributed by atoms with Crippen LogP contribution in [-0.4, -0.2) is 40.9 Å². The van der Waals surface area contributed by atoms with Crippen molar-refractivity contribution in [2.75, 3.05) is 13.1 Å². The molecule has 6 nitrogen and oxygen atoms in total. The number of aryl methyl sites for hydroxylation is 1. The maximum atomic E-state index is 12.0. The molecule has 2 heterocycles. The minimum atomic E-state index is -0.141. The summed E-state index contributed by atoms with van der Waals surface area (Å²) in [6, 6.07) is 0.285. The molecule has 0 spiro atoms. The molecule has 0 bridgehead atoms. The molecule has 1 aromatic rings. The average Bonchev–Trinajstić information content (AvgIpc) is 2.68. The highest BCUT2D eigenvalue weighted by atomic mass is 16.2. The summed E-state index contributed by atoms with van der Waals surface area (Å²) < 4.78 is 1.81. The molecule has 2 rings (SSSR count). The molecule has 0 saturated carbocycles. The molecule has 1 fully saturated rings. The summed E-state index contributed by atoms with van der Waals surface area (Å²) in [7, 11) is 1.90. The summed E-state index contributed by atoms with van der Waals surface area (Å²) in [6.45, 7) is 6.13. The Morgan fingerprint density at radius 2 is 2.33 bits per heavy atom. The number of hydrogen-bond donors (Lipinski definition) is 3. The number of rotatable bonds is 3. The van der Waals surface area contributed by atoms with E-state index in [-0.39, 0.29) is 11.9 Å². The number of carbonyl (C=O) groups is 1. The van der Waals surface area contributed by atoms with E-state index in [1.807, 2.05) is 18.7 Å². The number of nitrogens with zero attached hydrogens (tertiary/aromatic N) is 2. The smallest absolute Gasteiger partial charge is 0.238 e. The topological polar surface area (TPSA) is 71.0 Å². The molecule has 0 aromatic carbocycles. The molecule has 0 radical (unpaired) electrons. The quantitative estimate of drug-likeness (QED) is 0.664. The van der Waals surface area contributed by atoms with Gasteiger partial charge in [0.1, 0.15) is 0 Å². The van der Waals surface area contributed by atoms with Gasteiger partial charge in [0, 0.05) is 44.0 Å². The zero-order chi connectivity index (χ0) is 13.1. The van der Waals surface area contributed by atoms with Crippen molar-refractivity contribution >= 4 is 5.91 Å². The van der Waals surface area contributed by atoms with Crippen molar-refractivity contribution in [1.29, 1.82) is 0 Å². The molecule has 3 N–H and O–H groups in total. The first-order chi connectivity index (χ1) is 8.58. The number of amides is 1. The van der Waals surface area contributed by atoms with Crippen LogP contribution in [0.5, 0.6) is 0 Å². The minimum absolute atomic E-state index is 0.0395. The lowest BCUT2D eigenvalue weighted by Gasteiger charge is -2.28. The van der Waals surface area contributed by atoms with Gasteiger partial charge in [0.25, 0.3) is 0 Å². The lowest BCUT2D eigenvalue weighted by molar-refractivity contribution is -0.123. The van der Waals surface area contributed by atoms with Crippen LogP contribution >= 0.6 is 0 Å². The van der Waals surface area contributed by atoms with Crippen LogP contribution in [0.4, 0.5) is 0 Å². The fourth-order valence-electron chi connectivity index (χ4n) is 1.99. The van der Waals surface area contributed by atoms with Crippen LogP contribution in [-0.2, 0) is 18.4 Å². The normalized spacial score (nSPS) is 23.9. The van der Waals surface area contributed by atoms with Crippen LogP contribution < -0.4 is 16.0 Å². The number of piperazine rings is 1. The SMILES string of the molecule is Cc1c(CNC(=O)C2CNC(C)CN2)cnn1C. The minimum Gasteiger partial charge on any atom is -0.350 e. The third-order valence-electron chi connectivity index (χ3n) is 3.45. The van der Waals surface area contributed by atoms with Gasteiger partial charge in [-0.1, -0.05) is 0 Å². The third kappa shape index (κ3) is 2.88. The van der Waals surface area contributed by atoms with Crippen LogP contribution in [0.3, 0.4) is 0 Å². The van der Waals surface area contributed by atoms with Crippen LogP contribution in [0.25, 0.3) is 0 Å². The summed E-state index contributed by atoms with van der Waals surface area (Å²) in [5.41, 5.74) is 2.14. The van der Waals surface area contributed by atoms with Crippen molar-refractivity contribution in [1.82, 2.24) is 25.7 Å². The third-order valence-corrected chi connectivity index (χ3v) is 3.45. The van der Waals surface area contributed by atoms with Gasteiger partial charge in [-0.3, -0.25) is 9.48 Å². The molecular formula is C12H21N5O. The second-order valence-electron chi connectivity index (χ2n) is 4.87. The Balaban J connectivity index is 1.83. The second-order valence-corrected chi connectivity index (χ2v) is 4.87. The fourth-order valence-corrected chi connectivity index (χ4v) is 1.99. The molecule has 1 aromatic heterocycles. The Hall–Kier alpha value is -1.40. The van der Waals surface area contributed by atoms with Crippen molar-refractivity contribution in [3.05, 3.63) is 17.5 Å². The first kappa shape index (κ1) is 13.0. The second kappa shape index (κ2) is 5.49. The van der Waals surface area contributed by atoms with Crippen molar-refractivity contribution < 1.29 is 4.79 Å². The van der Waals surface area contributed by atoms with E-state index in [1.165, 1.54) is 0 Å². The maximum Gasteiger partial charge on any atom is 0.238 e. The number of aromatic nitrogens is 2. The van der Waals surface area contributed by atoms with E-state index in [4.69, 9.17) is 0 Å². The molecule has 100 valence electrons. The molecule has 18 heavy (non-hydrogen) atoms. The highest BCUT2D eigenvalue weighted by Gasteiger charge is 2.22. The van der Waals surface area contributed by atoms with Gasteiger partial charge in [-0.05, 0) is 13.8 Å². The van der Waals surface area contributed by atoms with Crippen LogP contribution in [0.1, 0.15) is 18.2 Å². The van der Waals surface area contributed by atoms with E-state index < -0.39 is 0 Å². The summed E-state index contributed by atoms with van der Waals surface area (Å²) >= 11 is 0. The van der Waals surface area contributed by atoms with E-state index in [1.54, 1.807) is 6.20 Å². The van der Waals surface area contributed by atoms with Gasteiger partial charge in [-0.25, -0.2) is 0 Å². The zero-order valence-corrected chi connectivity index (χ0v) is 11.2. The van der Waals surface area contributed by atoms with Crippen LogP contribution in [0, 0.1) is 6.92 Å². The Kier molecular flexibility index (Phi) is 3.98. The van der Waals surface area contributed by atoms with Crippen LogP contribution in [0.2, 0.25) is 0 Å². The zero-order valence-electron chi connectivity index (χ0n) is 11.2. The molecule has 2 atom stereocenters. The predicted octanol–water partition coefficient (Wildman–Crippen LogP) is -0.705. The van der Waals surface area contributed by atoms with Gasteiger partial charge in [-0.2, -0.15) is 5.10 Å². The summed E-state index contributed by atoms with van der Waals surface area (Å²) in [5, 5.41) is 13.6. The molecule has 2 unspecified atom stereocenters. The molecule has 1 aliphatic heterocycles. The lowest BCUT2D eigenvalue weighted by Crippen LogP contribution is -2.58. The van der Waals surface area contributed by atoms with Gasteiger partial charge >= 0.3 is 0 Å². The van der Waals surface area contributed by atoms with Crippen molar-refractivity contribution in [3.8, 4) is 0 Å². The standard InChI is InChI=1S/C12H21N5O/c1-8-4-14-11(7-13-8)12(18)15-5-10-6-16-17(3)9(10)2/h6,8,11,13-14H,4-5,7H2,1-3H3,(H,15,18). The van der Waals surface area contributed by atoms with Gasteiger partial charge in [0.2, 0.25) is 5.91 Å². The summed E-state index contributed by atoms with van der Waals surface area (Å²) in [5.74, 6) is 0.0395. The largest absolute Gasteiger partial charge is 0.350 e. The van der Waals surface area contributed by atoms with E-state index in [0.717, 1.165) is 17.8 Å². The Morgan fingerprint density at radius 1 is 1.56 bits per heavy atom. The van der Waals surface area contributed by atoms with Gasteiger partial charge < -0.3 is 16.0 Å². The van der Waals surface area contributed by atoms with Crippen LogP contribution in [0.15, 0.2) is 6.20 Å². The number of nitrogens with one attached hydrogen (secondary N) is 3. The number of hydrogen-bond acceptors (Lipinski definition) is 4. The Morgan fingerprint density at radius 3 is 2.89 bits per heavy atom. The van der Waals surface area contributed by atoms with Gasteiger partial charge in [-0.15, -0.1) is 0 Å². The Bertz CT molecular complexity index is 420. The van der Waals surface area contributed by atoms with Crippen molar-refractivity contribution in [3.63, 3.8) is 0 Å². The van der Waals surface area contributed by atoms with E-state index in [9.17, 15) is 4.79 Å². The maximum absolute atomic E-state index is 12.0. The fraction of sp³-hybridized carbons (Fsp3) is 0.667. The molecule has 1 saturated heterocycles. The molecule has 1 amide bonds. The first-order valence-corrected chi connectivity index (χ1v) is 6.30. The van der Waals surface area contributed by atoms with Gasteiger partial charge in [0.15, 0.2) is 0 Å². The van der Waals surface area contributed by atoms with Gasteiger partial charge in [0.05, 0.1) is 12.2 Å². The molecule has 0 aliphatic carbocycles. The molecule has 6 heteroatoms. The predicted molar refractivity (Wildman–Crippen MR) is 69.0 cm³/mol. The Labute approximate surface area is 107 Å². The summed E-state index contributed by atoms with van der Waals surface area (Å²) in [4.78, 5) is 12.0. The van der Waals surface area contributed by atoms with E-state index in [0.29, 0.717) is 19.1 Å². The monoisotopic (exact) mass is 251 g/mol. The highest BCUT2D eigenvalue weighted by Crippen LogP contribution is 2.04.